The van der Waals surface area contributed by atoms with Crippen molar-refractivity contribution in [2.75, 3.05) is 0 Å². The van der Waals surface area contributed by atoms with Gasteiger partial charge in [0, 0.05) is 23.7 Å². The molecule has 2 heterocycles. The van der Waals surface area contributed by atoms with Crippen molar-refractivity contribution in [3.05, 3.63) is 77.5 Å². The summed E-state index contributed by atoms with van der Waals surface area (Å²) in [6.07, 6.45) is 4.92. The van der Waals surface area contributed by atoms with Crippen LogP contribution in [-0.2, 0) is 16.4 Å². The number of furan rings is 1. The van der Waals surface area contributed by atoms with Gasteiger partial charge in [-0.05, 0) is 44.0 Å². The number of ether oxygens (including phenoxy) is 1. The van der Waals surface area contributed by atoms with Gasteiger partial charge in [-0.3, -0.25) is 4.98 Å². The maximum absolute atomic E-state index is 12.6. The monoisotopic (exact) mass is 425 g/mol. The zero-order valence-electron chi connectivity index (χ0n) is 16.2. The molecule has 0 atom stereocenters. The smallest absolute Gasteiger partial charge is 0.379 e. The second-order valence-corrected chi connectivity index (χ2v) is 8.41. The Labute approximate surface area is 173 Å². The summed E-state index contributed by atoms with van der Waals surface area (Å²) in [4.78, 5) is 18.9. The molecular formula is C21H19N3O5S. The highest BCUT2D eigenvalue weighted by Crippen LogP contribution is 2.30. The van der Waals surface area contributed by atoms with Crippen LogP contribution in [0.2, 0.25) is 0 Å². The zero-order valence-corrected chi connectivity index (χ0v) is 17.0. The van der Waals surface area contributed by atoms with Crippen molar-refractivity contribution in [1.29, 1.82) is 0 Å². The molecule has 30 heavy (non-hydrogen) atoms. The van der Waals surface area contributed by atoms with E-state index >= 15 is 0 Å². The number of benzene rings is 1. The Morgan fingerprint density at radius 2 is 1.97 bits per heavy atom. The molecule has 0 aliphatic heterocycles. The molecule has 0 spiro atoms. The number of carbonyl (C=O) groups is 1. The summed E-state index contributed by atoms with van der Waals surface area (Å²) in [5.41, 5.74) is 1.74. The van der Waals surface area contributed by atoms with Gasteiger partial charge in [-0.2, -0.15) is 18.4 Å². The van der Waals surface area contributed by atoms with E-state index in [4.69, 9.17) is 9.15 Å². The molecule has 2 aromatic heterocycles. The quantitative estimate of drug-likeness (QED) is 0.496. The number of aromatic nitrogens is 1. The fourth-order valence-corrected chi connectivity index (χ4v) is 4.15. The Kier molecular flexibility index (Phi) is 5.37. The summed E-state index contributed by atoms with van der Waals surface area (Å²) < 4.78 is 36.0. The van der Waals surface area contributed by atoms with Gasteiger partial charge in [-0.1, -0.05) is 18.2 Å². The van der Waals surface area contributed by atoms with Gasteiger partial charge < -0.3 is 9.15 Å². The van der Waals surface area contributed by atoms with Crippen molar-refractivity contribution >= 4 is 21.7 Å². The van der Waals surface area contributed by atoms with Gasteiger partial charge in [0.25, 0.3) is 10.0 Å². The number of nitrogens with one attached hydrogen (secondary N) is 1. The van der Waals surface area contributed by atoms with Crippen LogP contribution in [0.4, 0.5) is 0 Å². The molecule has 0 radical (unpaired) electrons. The van der Waals surface area contributed by atoms with Crippen molar-refractivity contribution < 1.29 is 22.4 Å². The lowest BCUT2D eigenvalue weighted by molar-refractivity contribution is 0.0697. The summed E-state index contributed by atoms with van der Waals surface area (Å²) in [6, 6.07) is 11.3. The number of pyridine rings is 1. The predicted octanol–water partition coefficient (Wildman–Crippen LogP) is 3.22. The number of esters is 1. The van der Waals surface area contributed by atoms with Crippen LogP contribution < -0.4 is 9.57 Å². The molecule has 1 aliphatic carbocycles. The fourth-order valence-electron chi connectivity index (χ4n) is 3.30. The fraction of sp³-hybridized carbons (Fsp3) is 0.190. The molecular weight excluding hydrogens is 406 g/mol. The van der Waals surface area contributed by atoms with Gasteiger partial charge in [0.1, 0.15) is 11.5 Å². The van der Waals surface area contributed by atoms with E-state index < -0.39 is 16.0 Å². The number of fused-ring (bicyclic) bond motifs is 1. The molecule has 1 aromatic carbocycles. The molecule has 8 nitrogen and oxygen atoms in total. The number of hydrogen-bond donors (Lipinski definition) is 1. The molecule has 0 saturated carbocycles. The number of rotatable bonds is 5. The maximum Gasteiger partial charge on any atom is 0.379 e. The number of sulfonamides is 1. The van der Waals surface area contributed by atoms with E-state index in [2.05, 4.69) is 14.9 Å². The summed E-state index contributed by atoms with van der Waals surface area (Å²) in [6.45, 7) is 1.73. The normalized spacial score (nSPS) is 14.9. The molecule has 154 valence electrons. The average molecular weight is 425 g/mol. The van der Waals surface area contributed by atoms with Gasteiger partial charge >= 0.3 is 5.97 Å². The Morgan fingerprint density at radius 1 is 1.17 bits per heavy atom. The standard InChI is InChI=1S/C21H19N3O5S/c1-14-19-17(23-24-30(26,27)16-8-3-2-4-9-16)10-5-11-18(19)29-20(14)21(25)28-15-7-6-12-22-13-15/h2-4,6-9,12-13,24H,5,10-11H2,1H3/b23-17+. The van der Waals surface area contributed by atoms with Crippen molar-refractivity contribution in [3.63, 3.8) is 0 Å². The van der Waals surface area contributed by atoms with Crippen molar-refractivity contribution in [2.45, 2.75) is 31.1 Å². The van der Waals surface area contributed by atoms with E-state index in [9.17, 15) is 13.2 Å². The van der Waals surface area contributed by atoms with Crippen molar-refractivity contribution in [2.24, 2.45) is 5.10 Å². The van der Waals surface area contributed by atoms with Gasteiger partial charge in [-0.15, -0.1) is 0 Å². The molecule has 9 heteroatoms. The van der Waals surface area contributed by atoms with Crippen LogP contribution in [0.3, 0.4) is 0 Å². The van der Waals surface area contributed by atoms with Crippen LogP contribution in [0.1, 0.15) is 40.3 Å². The molecule has 0 bridgehead atoms. The number of nitrogens with zero attached hydrogens (tertiary/aromatic N) is 2. The molecule has 1 N–H and O–H groups in total. The van der Waals surface area contributed by atoms with E-state index in [0.717, 1.165) is 6.42 Å². The number of carbonyl (C=O) groups excluding carboxylic acids is 1. The molecule has 4 rings (SSSR count). The van der Waals surface area contributed by atoms with Crippen molar-refractivity contribution in [3.8, 4) is 5.75 Å². The van der Waals surface area contributed by atoms with E-state index in [-0.39, 0.29) is 10.7 Å². The topological polar surface area (TPSA) is 111 Å². The van der Waals surface area contributed by atoms with Crippen molar-refractivity contribution in [1.82, 2.24) is 9.82 Å². The van der Waals surface area contributed by atoms with Gasteiger partial charge in [0.05, 0.1) is 16.8 Å². The van der Waals surface area contributed by atoms with Crippen LogP contribution in [0.5, 0.6) is 5.75 Å². The highest BCUT2D eigenvalue weighted by atomic mass is 32.2. The molecule has 3 aromatic rings. The lowest BCUT2D eigenvalue weighted by Crippen LogP contribution is -2.22. The van der Waals surface area contributed by atoms with Gasteiger partial charge in [0.2, 0.25) is 5.76 Å². The first kappa shape index (κ1) is 19.8. The number of hydrogen-bond acceptors (Lipinski definition) is 7. The minimum Gasteiger partial charge on any atom is -0.453 e. The van der Waals surface area contributed by atoms with Crippen LogP contribution in [-0.4, -0.2) is 25.1 Å². The van der Waals surface area contributed by atoms with Crippen LogP contribution >= 0.6 is 0 Å². The number of hydrazone groups is 1. The van der Waals surface area contributed by atoms with E-state index in [1.54, 1.807) is 43.5 Å². The first-order valence-electron chi connectivity index (χ1n) is 9.34. The molecule has 1 aliphatic rings. The Morgan fingerprint density at radius 3 is 2.70 bits per heavy atom. The highest BCUT2D eigenvalue weighted by Gasteiger charge is 2.29. The zero-order chi connectivity index (χ0) is 21.1. The van der Waals surface area contributed by atoms with Gasteiger partial charge in [0.15, 0.2) is 0 Å². The molecule has 0 saturated heterocycles. The third kappa shape index (κ3) is 3.97. The first-order chi connectivity index (χ1) is 14.5. The Balaban J connectivity index is 1.61. The summed E-state index contributed by atoms with van der Waals surface area (Å²) in [5.74, 6) is 0.332. The minimum atomic E-state index is -3.79. The SMILES string of the molecule is Cc1c(C(=O)Oc2cccnc2)oc2c1/C(=N/NS(=O)(=O)c1ccccc1)CCC2. The maximum atomic E-state index is 12.6. The third-order valence-corrected chi connectivity index (χ3v) is 5.93. The van der Waals surface area contributed by atoms with Crippen LogP contribution in [0.15, 0.2) is 69.3 Å². The Hall–Kier alpha value is -3.46. The molecule has 0 amide bonds. The highest BCUT2D eigenvalue weighted by molar-refractivity contribution is 7.89. The van der Waals surface area contributed by atoms with E-state index in [1.807, 2.05) is 0 Å². The lowest BCUT2D eigenvalue weighted by atomic mass is 9.93. The minimum absolute atomic E-state index is 0.0735. The first-order valence-corrected chi connectivity index (χ1v) is 10.8. The summed E-state index contributed by atoms with van der Waals surface area (Å²) in [5, 5.41) is 4.15. The van der Waals surface area contributed by atoms with Crippen LogP contribution in [0, 0.1) is 6.92 Å². The van der Waals surface area contributed by atoms with E-state index in [1.165, 1.54) is 18.3 Å². The largest absolute Gasteiger partial charge is 0.453 e. The van der Waals surface area contributed by atoms with Crippen LogP contribution in [0.25, 0.3) is 0 Å². The molecule has 0 fully saturated rings. The lowest BCUT2D eigenvalue weighted by Gasteiger charge is -2.14. The second kappa shape index (κ2) is 8.11. The second-order valence-electron chi connectivity index (χ2n) is 6.75. The van der Waals surface area contributed by atoms with E-state index in [0.29, 0.717) is 41.2 Å². The number of aryl methyl sites for hydroxylation is 1. The van der Waals surface area contributed by atoms with Gasteiger partial charge in [-0.25, -0.2) is 4.79 Å². The Bertz CT molecular complexity index is 1200. The summed E-state index contributed by atoms with van der Waals surface area (Å²) in [7, 11) is -3.79. The summed E-state index contributed by atoms with van der Waals surface area (Å²) >= 11 is 0. The predicted molar refractivity (Wildman–Crippen MR) is 109 cm³/mol. The average Bonchev–Trinajstić information content (AvgIpc) is 3.11. The third-order valence-electron chi connectivity index (χ3n) is 4.71. The molecule has 0 unspecified atom stereocenters.